The number of nitrogens with two attached hydrogens (primary N) is 1. The number of hydrogen-bond acceptors (Lipinski definition) is 4. The Morgan fingerprint density at radius 2 is 2.24 bits per heavy atom. The number of rotatable bonds is 4. The van der Waals surface area contributed by atoms with Gasteiger partial charge in [0.2, 0.25) is 0 Å². The van der Waals surface area contributed by atoms with Crippen LogP contribution in [0, 0.1) is 0 Å². The molecule has 0 aliphatic carbocycles. The first-order chi connectivity index (χ1) is 10.1. The van der Waals surface area contributed by atoms with E-state index in [1.165, 1.54) is 0 Å². The lowest BCUT2D eigenvalue weighted by atomic mass is 9.93. The van der Waals surface area contributed by atoms with E-state index in [1.807, 2.05) is 43.5 Å². The van der Waals surface area contributed by atoms with Crippen LogP contribution in [0.5, 0.6) is 0 Å². The molecule has 4 nitrogen and oxygen atoms in total. The molecular weight excluding hydrogens is 260 g/mol. The van der Waals surface area contributed by atoms with E-state index in [1.54, 1.807) is 12.3 Å². The highest BCUT2D eigenvalue weighted by molar-refractivity contribution is 5.72. The summed E-state index contributed by atoms with van der Waals surface area (Å²) < 4.78 is 0. The number of nitrogens with one attached hydrogen (secondary N) is 2. The third kappa shape index (κ3) is 3.34. The van der Waals surface area contributed by atoms with E-state index in [2.05, 4.69) is 35.2 Å². The van der Waals surface area contributed by atoms with Crippen LogP contribution in [0.25, 0.3) is 0 Å². The molecule has 110 valence electrons. The highest BCUT2D eigenvalue weighted by Crippen LogP contribution is 2.26. The minimum absolute atomic E-state index is 0.246. The van der Waals surface area contributed by atoms with Gasteiger partial charge in [-0.1, -0.05) is 37.0 Å². The van der Waals surface area contributed by atoms with Crippen molar-refractivity contribution < 1.29 is 0 Å². The van der Waals surface area contributed by atoms with Crippen LogP contribution in [0.2, 0.25) is 0 Å². The SMILES string of the molecule is C=C/C=N\C(=C(/N)C1=CC=CC(C)N1)C1(C)C=CC=CN1. The Balaban J connectivity index is 2.46. The summed E-state index contributed by atoms with van der Waals surface area (Å²) in [5.41, 5.74) is 8.19. The van der Waals surface area contributed by atoms with Crippen molar-refractivity contribution in [1.29, 1.82) is 0 Å². The van der Waals surface area contributed by atoms with Gasteiger partial charge in [-0.05, 0) is 32.2 Å². The van der Waals surface area contributed by atoms with Gasteiger partial charge in [0.25, 0.3) is 0 Å². The third-order valence-electron chi connectivity index (χ3n) is 3.41. The van der Waals surface area contributed by atoms with Crippen molar-refractivity contribution in [1.82, 2.24) is 10.6 Å². The molecule has 0 saturated heterocycles. The zero-order valence-electron chi connectivity index (χ0n) is 12.5. The molecule has 2 aliphatic rings. The summed E-state index contributed by atoms with van der Waals surface area (Å²) in [4.78, 5) is 4.50. The summed E-state index contributed by atoms with van der Waals surface area (Å²) in [7, 11) is 0. The van der Waals surface area contributed by atoms with Crippen LogP contribution in [0.4, 0.5) is 0 Å². The van der Waals surface area contributed by atoms with Crippen molar-refractivity contribution in [2.24, 2.45) is 10.7 Å². The molecule has 0 aromatic heterocycles. The van der Waals surface area contributed by atoms with E-state index in [9.17, 15) is 0 Å². The molecular formula is C17H22N4. The zero-order chi connectivity index (χ0) is 15.3. The number of aliphatic imine (C=N–C) groups is 1. The van der Waals surface area contributed by atoms with Crippen LogP contribution in [0.3, 0.4) is 0 Å². The lowest BCUT2D eigenvalue weighted by Gasteiger charge is -2.31. The van der Waals surface area contributed by atoms with Gasteiger partial charge in [-0.25, -0.2) is 0 Å². The predicted molar refractivity (Wildman–Crippen MR) is 89.5 cm³/mol. The van der Waals surface area contributed by atoms with Crippen LogP contribution in [-0.2, 0) is 0 Å². The first-order valence-electron chi connectivity index (χ1n) is 6.99. The van der Waals surface area contributed by atoms with Gasteiger partial charge < -0.3 is 16.4 Å². The quantitative estimate of drug-likeness (QED) is 0.693. The van der Waals surface area contributed by atoms with Crippen LogP contribution in [0.15, 0.2) is 77.4 Å². The topological polar surface area (TPSA) is 62.4 Å². The van der Waals surface area contributed by atoms with E-state index in [0.29, 0.717) is 5.70 Å². The Morgan fingerprint density at radius 1 is 1.43 bits per heavy atom. The Bertz CT molecular complexity index is 590. The second-order valence-electron chi connectivity index (χ2n) is 5.24. The van der Waals surface area contributed by atoms with Crippen LogP contribution in [0.1, 0.15) is 13.8 Å². The van der Waals surface area contributed by atoms with Crippen LogP contribution in [-0.4, -0.2) is 17.8 Å². The van der Waals surface area contributed by atoms with Gasteiger partial charge in [-0.15, -0.1) is 0 Å². The fraction of sp³-hybridized carbons (Fsp3) is 0.235. The second-order valence-corrected chi connectivity index (χ2v) is 5.24. The minimum atomic E-state index is -0.453. The van der Waals surface area contributed by atoms with Gasteiger partial charge in [0.1, 0.15) is 0 Å². The molecule has 4 heteroatoms. The molecule has 0 spiro atoms. The summed E-state index contributed by atoms with van der Waals surface area (Å²) in [5.74, 6) is 0. The zero-order valence-corrected chi connectivity index (χ0v) is 12.5. The van der Waals surface area contributed by atoms with Crippen molar-refractivity contribution in [2.75, 3.05) is 0 Å². The molecule has 2 aliphatic heterocycles. The molecule has 0 aromatic rings. The average Bonchev–Trinajstić information content (AvgIpc) is 2.48. The summed E-state index contributed by atoms with van der Waals surface area (Å²) in [5, 5.41) is 6.66. The van der Waals surface area contributed by atoms with Gasteiger partial charge in [-0.2, -0.15) is 0 Å². The van der Waals surface area contributed by atoms with Crippen molar-refractivity contribution in [2.45, 2.75) is 25.4 Å². The Morgan fingerprint density at radius 3 is 2.86 bits per heavy atom. The summed E-state index contributed by atoms with van der Waals surface area (Å²) >= 11 is 0. The van der Waals surface area contributed by atoms with Crippen molar-refractivity contribution in [3.05, 3.63) is 72.4 Å². The van der Waals surface area contributed by atoms with E-state index in [-0.39, 0.29) is 6.04 Å². The lowest BCUT2D eigenvalue weighted by molar-refractivity contribution is 0.562. The largest absolute Gasteiger partial charge is 0.395 e. The van der Waals surface area contributed by atoms with Gasteiger partial charge in [0.15, 0.2) is 0 Å². The first-order valence-corrected chi connectivity index (χ1v) is 6.99. The molecule has 4 N–H and O–H groups in total. The van der Waals surface area contributed by atoms with E-state index in [4.69, 9.17) is 5.73 Å². The molecule has 2 unspecified atom stereocenters. The molecule has 0 radical (unpaired) electrons. The molecule has 0 bridgehead atoms. The van der Waals surface area contributed by atoms with Gasteiger partial charge >= 0.3 is 0 Å². The molecule has 0 aromatic carbocycles. The molecule has 21 heavy (non-hydrogen) atoms. The Labute approximate surface area is 126 Å². The highest BCUT2D eigenvalue weighted by Gasteiger charge is 2.29. The van der Waals surface area contributed by atoms with Gasteiger partial charge in [-0.3, -0.25) is 4.99 Å². The molecule has 0 saturated carbocycles. The lowest BCUT2D eigenvalue weighted by Crippen LogP contribution is -2.42. The number of allylic oxidation sites excluding steroid dienone is 5. The highest BCUT2D eigenvalue weighted by atomic mass is 15.0. The Hall–Kier alpha value is -2.49. The standard InChI is InChI=1S/C17H22N4/c1-4-11-19-16(17(3)10-5-6-12-20-17)15(18)14-9-7-8-13(2)21-14/h4-13,20-21H,1,18H2,2-3H3/b16-15-,19-11-. The number of nitrogens with zero attached hydrogens (tertiary/aromatic N) is 1. The predicted octanol–water partition coefficient (Wildman–Crippen LogP) is 2.28. The maximum Gasteiger partial charge on any atom is 0.0973 e. The molecule has 0 fully saturated rings. The smallest absolute Gasteiger partial charge is 0.0973 e. The van der Waals surface area contributed by atoms with Crippen LogP contribution >= 0.6 is 0 Å². The average molecular weight is 282 g/mol. The van der Waals surface area contributed by atoms with Crippen molar-refractivity contribution in [3.63, 3.8) is 0 Å². The fourth-order valence-corrected chi connectivity index (χ4v) is 2.29. The van der Waals surface area contributed by atoms with Gasteiger partial charge in [0.05, 0.1) is 22.6 Å². The number of dihydropyridines is 2. The number of hydrogen-bond donors (Lipinski definition) is 3. The summed E-state index contributed by atoms with van der Waals surface area (Å²) in [6, 6.07) is 0.246. The van der Waals surface area contributed by atoms with E-state index < -0.39 is 5.54 Å². The third-order valence-corrected chi connectivity index (χ3v) is 3.41. The normalized spacial score (nSPS) is 28.7. The minimum Gasteiger partial charge on any atom is -0.395 e. The van der Waals surface area contributed by atoms with Gasteiger partial charge in [0, 0.05) is 12.3 Å². The van der Waals surface area contributed by atoms with E-state index >= 15 is 0 Å². The molecule has 2 rings (SSSR count). The first kappa shape index (κ1) is 14.9. The fourth-order valence-electron chi connectivity index (χ4n) is 2.29. The summed E-state index contributed by atoms with van der Waals surface area (Å²) in [6.07, 6.45) is 17.2. The molecule has 2 atom stereocenters. The van der Waals surface area contributed by atoms with E-state index in [0.717, 1.165) is 11.4 Å². The van der Waals surface area contributed by atoms with Crippen LogP contribution < -0.4 is 16.4 Å². The Kier molecular flexibility index (Phi) is 4.48. The molecule has 2 heterocycles. The monoisotopic (exact) mass is 282 g/mol. The second kappa shape index (κ2) is 6.31. The molecule has 0 amide bonds. The summed E-state index contributed by atoms with van der Waals surface area (Å²) in [6.45, 7) is 7.79. The van der Waals surface area contributed by atoms with Crippen molar-refractivity contribution in [3.8, 4) is 0 Å². The maximum absolute atomic E-state index is 6.38. The maximum atomic E-state index is 6.38. The van der Waals surface area contributed by atoms with Crippen molar-refractivity contribution >= 4 is 6.21 Å².